The van der Waals surface area contributed by atoms with Gasteiger partial charge in [0.05, 0.1) is 0 Å². The molecule has 1 saturated carbocycles. The number of aryl methyl sites for hydroxylation is 1. The summed E-state index contributed by atoms with van der Waals surface area (Å²) in [6.07, 6.45) is 4.13. The van der Waals surface area contributed by atoms with Gasteiger partial charge in [-0.2, -0.15) is 0 Å². The number of nitrogens with one attached hydrogen (secondary N) is 1. The molecule has 29 heavy (non-hydrogen) atoms. The third-order valence-corrected chi connectivity index (χ3v) is 6.14. The number of benzene rings is 2. The largest absolute Gasteiger partial charge is 0.489 e. The zero-order chi connectivity index (χ0) is 19.8. The Kier molecular flexibility index (Phi) is 4.92. The van der Waals surface area contributed by atoms with Crippen LogP contribution in [-0.2, 0) is 4.79 Å². The van der Waals surface area contributed by atoms with E-state index in [-0.39, 0.29) is 12.0 Å². The fourth-order valence-corrected chi connectivity index (χ4v) is 4.26. The number of nitrogens with zero attached hydrogens (tertiary/aromatic N) is 1. The first kappa shape index (κ1) is 18.5. The highest BCUT2D eigenvalue weighted by Crippen LogP contribution is 2.40. The Morgan fingerprint density at radius 3 is 2.52 bits per heavy atom. The molecular weight excluding hydrogens is 364 g/mol. The molecule has 2 aliphatic heterocycles. The lowest BCUT2D eigenvalue weighted by Crippen LogP contribution is -2.32. The van der Waals surface area contributed by atoms with Gasteiger partial charge in [0.15, 0.2) is 6.10 Å². The van der Waals surface area contributed by atoms with Gasteiger partial charge in [0.1, 0.15) is 17.6 Å². The van der Waals surface area contributed by atoms with Crippen molar-refractivity contribution in [2.45, 2.75) is 50.7 Å². The normalized spacial score (nSPS) is 24.2. The van der Waals surface area contributed by atoms with E-state index in [2.05, 4.69) is 17.4 Å². The number of carbonyl (C=O) groups excluding carboxylic acids is 1. The van der Waals surface area contributed by atoms with Crippen LogP contribution in [-0.4, -0.2) is 37.7 Å². The van der Waals surface area contributed by atoms with Gasteiger partial charge in [0.25, 0.3) is 5.91 Å². The molecule has 1 aliphatic carbocycles. The molecule has 2 unspecified atom stereocenters. The monoisotopic (exact) mass is 392 g/mol. The maximum atomic E-state index is 12.9. The summed E-state index contributed by atoms with van der Waals surface area (Å²) in [6.45, 7) is 4.62. The molecule has 2 heterocycles. The maximum absolute atomic E-state index is 12.9. The van der Waals surface area contributed by atoms with Crippen molar-refractivity contribution in [3.05, 3.63) is 53.6 Å². The van der Waals surface area contributed by atoms with Gasteiger partial charge in [-0.25, -0.2) is 0 Å². The fraction of sp³-hybridized carbons (Fsp3) is 0.458. The van der Waals surface area contributed by atoms with Gasteiger partial charge in [-0.3, -0.25) is 4.79 Å². The third-order valence-electron chi connectivity index (χ3n) is 6.14. The summed E-state index contributed by atoms with van der Waals surface area (Å²) >= 11 is 0. The van der Waals surface area contributed by atoms with E-state index in [9.17, 15) is 4.79 Å². The molecule has 3 aliphatic rings. The highest BCUT2D eigenvalue weighted by atomic mass is 16.5. The zero-order valence-corrected chi connectivity index (χ0v) is 16.9. The lowest BCUT2D eigenvalue weighted by Gasteiger charge is -2.20. The van der Waals surface area contributed by atoms with Gasteiger partial charge in [-0.1, -0.05) is 12.1 Å². The second kappa shape index (κ2) is 7.71. The Balaban J connectivity index is 1.23. The number of anilines is 1. The molecule has 1 N–H and O–H groups in total. The number of carbonyl (C=O) groups is 1. The molecule has 2 aromatic carbocycles. The number of hydrogen-bond donors (Lipinski definition) is 1. The van der Waals surface area contributed by atoms with E-state index in [0.29, 0.717) is 13.0 Å². The highest BCUT2D eigenvalue weighted by Gasteiger charge is 2.34. The number of hydrogen-bond acceptors (Lipinski definition) is 4. The van der Waals surface area contributed by atoms with Crippen LogP contribution in [0, 0.1) is 6.92 Å². The minimum Gasteiger partial charge on any atom is -0.489 e. The average molecular weight is 392 g/mol. The van der Waals surface area contributed by atoms with Crippen molar-refractivity contribution in [2.24, 2.45) is 0 Å². The second-order valence-electron chi connectivity index (χ2n) is 8.41. The van der Waals surface area contributed by atoms with E-state index < -0.39 is 6.10 Å². The molecule has 5 rings (SSSR count). The van der Waals surface area contributed by atoms with Gasteiger partial charge < -0.3 is 19.7 Å². The molecular formula is C24H28N2O3. The van der Waals surface area contributed by atoms with Crippen LogP contribution in [0.25, 0.3) is 0 Å². The summed E-state index contributed by atoms with van der Waals surface area (Å²) in [5.41, 5.74) is 3.35. The minimum atomic E-state index is -0.414. The first-order chi connectivity index (χ1) is 14.2. The van der Waals surface area contributed by atoms with Crippen LogP contribution in [0.1, 0.15) is 42.7 Å². The number of rotatable bonds is 6. The van der Waals surface area contributed by atoms with Gasteiger partial charge in [-0.05, 0) is 80.1 Å². The van der Waals surface area contributed by atoms with E-state index in [1.54, 1.807) is 0 Å². The van der Waals surface area contributed by atoms with Crippen LogP contribution in [0.3, 0.4) is 0 Å². The molecule has 152 valence electrons. The van der Waals surface area contributed by atoms with E-state index in [4.69, 9.17) is 9.47 Å². The summed E-state index contributed by atoms with van der Waals surface area (Å²) in [4.78, 5) is 14.8. The van der Waals surface area contributed by atoms with Crippen LogP contribution < -0.4 is 19.7 Å². The van der Waals surface area contributed by atoms with Crippen molar-refractivity contribution >= 4 is 11.6 Å². The standard InChI is InChI=1S/C24H28N2O3/c1-16-14-19(6-9-22(16)29-21-10-12-25-15-21)26-13-11-23(24(26)27)28-20-7-4-18(5-8-20)17-2-3-17/h4-9,14,17,21,23,25H,2-3,10-13,15H2,1H3. The first-order valence-electron chi connectivity index (χ1n) is 10.7. The third kappa shape index (κ3) is 3.97. The molecule has 0 spiro atoms. The van der Waals surface area contributed by atoms with Gasteiger partial charge in [-0.15, -0.1) is 0 Å². The lowest BCUT2D eigenvalue weighted by atomic mass is 10.1. The lowest BCUT2D eigenvalue weighted by molar-refractivity contribution is -0.122. The van der Waals surface area contributed by atoms with E-state index in [0.717, 1.165) is 48.2 Å². The van der Waals surface area contributed by atoms with E-state index in [1.807, 2.05) is 42.2 Å². The molecule has 3 fully saturated rings. The van der Waals surface area contributed by atoms with Crippen molar-refractivity contribution in [1.29, 1.82) is 0 Å². The van der Waals surface area contributed by atoms with Gasteiger partial charge in [0.2, 0.25) is 0 Å². The average Bonchev–Trinajstić information content (AvgIpc) is 3.34. The summed E-state index contributed by atoms with van der Waals surface area (Å²) in [7, 11) is 0. The summed E-state index contributed by atoms with van der Waals surface area (Å²) < 4.78 is 12.1. The quantitative estimate of drug-likeness (QED) is 0.813. The van der Waals surface area contributed by atoms with Gasteiger partial charge >= 0.3 is 0 Å². The molecule has 0 bridgehead atoms. The van der Waals surface area contributed by atoms with Crippen LogP contribution in [0.5, 0.6) is 11.5 Å². The van der Waals surface area contributed by atoms with Crippen LogP contribution >= 0.6 is 0 Å². The number of ether oxygens (including phenoxy) is 2. The van der Waals surface area contributed by atoms with Crippen LogP contribution in [0.15, 0.2) is 42.5 Å². The molecule has 2 atom stereocenters. The highest BCUT2D eigenvalue weighted by molar-refractivity contribution is 5.99. The maximum Gasteiger partial charge on any atom is 0.268 e. The predicted octanol–water partition coefficient (Wildman–Crippen LogP) is 3.80. The molecule has 2 saturated heterocycles. The summed E-state index contributed by atoms with van der Waals surface area (Å²) in [5, 5.41) is 3.32. The minimum absolute atomic E-state index is 0.0318. The first-order valence-corrected chi connectivity index (χ1v) is 10.7. The molecule has 2 aromatic rings. The molecule has 0 radical (unpaired) electrons. The zero-order valence-electron chi connectivity index (χ0n) is 16.9. The van der Waals surface area contributed by atoms with Crippen molar-refractivity contribution in [3.8, 4) is 11.5 Å². The van der Waals surface area contributed by atoms with Crippen molar-refractivity contribution in [2.75, 3.05) is 24.5 Å². The fourth-order valence-electron chi connectivity index (χ4n) is 4.26. The smallest absolute Gasteiger partial charge is 0.268 e. The summed E-state index contributed by atoms with van der Waals surface area (Å²) in [6, 6.07) is 14.3. The second-order valence-corrected chi connectivity index (χ2v) is 8.41. The van der Waals surface area contributed by atoms with Crippen LogP contribution in [0.4, 0.5) is 5.69 Å². The van der Waals surface area contributed by atoms with Gasteiger partial charge in [0, 0.05) is 25.2 Å². The predicted molar refractivity (Wildman–Crippen MR) is 113 cm³/mol. The molecule has 5 heteroatoms. The SMILES string of the molecule is Cc1cc(N2CCC(Oc3ccc(C4CC4)cc3)C2=O)ccc1OC1CCNC1. The Bertz CT molecular complexity index is 885. The molecule has 1 amide bonds. The molecule has 0 aromatic heterocycles. The van der Waals surface area contributed by atoms with E-state index in [1.165, 1.54) is 18.4 Å². The van der Waals surface area contributed by atoms with Crippen molar-refractivity contribution in [3.63, 3.8) is 0 Å². The van der Waals surface area contributed by atoms with Crippen molar-refractivity contribution < 1.29 is 14.3 Å². The van der Waals surface area contributed by atoms with E-state index >= 15 is 0 Å². The Hall–Kier alpha value is -2.53. The van der Waals surface area contributed by atoms with Crippen molar-refractivity contribution in [1.82, 2.24) is 5.32 Å². The Morgan fingerprint density at radius 1 is 1.00 bits per heavy atom. The summed E-state index contributed by atoms with van der Waals surface area (Å²) in [5.74, 6) is 2.44. The Labute approximate surface area is 172 Å². The molecule has 5 nitrogen and oxygen atoms in total. The topological polar surface area (TPSA) is 50.8 Å². The van der Waals surface area contributed by atoms with Crippen LogP contribution in [0.2, 0.25) is 0 Å². The number of amides is 1. The Morgan fingerprint density at radius 2 is 1.83 bits per heavy atom.